The molecule has 0 spiro atoms. The Labute approximate surface area is 161 Å². The van der Waals surface area contributed by atoms with Gasteiger partial charge in [-0.05, 0) is 48.6 Å². The van der Waals surface area contributed by atoms with Crippen molar-refractivity contribution in [3.63, 3.8) is 0 Å². The van der Waals surface area contributed by atoms with E-state index in [9.17, 15) is 14.7 Å². The van der Waals surface area contributed by atoms with Crippen molar-refractivity contribution >= 4 is 46.6 Å². The lowest BCUT2D eigenvalue weighted by molar-refractivity contribution is -0.132. The van der Waals surface area contributed by atoms with Crippen molar-refractivity contribution in [3.05, 3.63) is 59.7 Å². The van der Waals surface area contributed by atoms with Crippen molar-refractivity contribution in [3.8, 4) is 5.75 Å². The first-order valence-corrected chi connectivity index (χ1v) is 8.41. The molecule has 0 saturated carbocycles. The Morgan fingerprint density at radius 1 is 0.926 bits per heavy atom. The van der Waals surface area contributed by atoms with Gasteiger partial charge in [0.25, 0.3) is 11.8 Å². The molecule has 2 amide bonds. The molecule has 0 unspecified atom stereocenters. The molecular formula is C19H16N4O3S. The predicted octanol–water partition coefficient (Wildman–Crippen LogP) is 3.41. The van der Waals surface area contributed by atoms with E-state index in [0.717, 1.165) is 0 Å². The second kappa shape index (κ2) is 7.46. The van der Waals surface area contributed by atoms with Crippen LogP contribution in [0.3, 0.4) is 0 Å². The van der Waals surface area contributed by atoms with Gasteiger partial charge >= 0.3 is 0 Å². The molecule has 136 valence electrons. The third-order valence-corrected chi connectivity index (χ3v) is 4.54. The van der Waals surface area contributed by atoms with E-state index < -0.39 is 11.8 Å². The van der Waals surface area contributed by atoms with E-state index in [0.29, 0.717) is 11.4 Å². The number of thiocarbonyl (C=S) groups is 1. The van der Waals surface area contributed by atoms with Crippen molar-refractivity contribution in [1.82, 2.24) is 9.80 Å². The largest absolute Gasteiger partial charge is 0.507 e. The molecule has 2 aromatic rings. The first-order chi connectivity index (χ1) is 12.9. The number of carbonyl (C=O) groups excluding carboxylic acids is 2. The average molecular weight is 380 g/mol. The fourth-order valence-corrected chi connectivity index (χ4v) is 2.63. The van der Waals surface area contributed by atoms with Crippen molar-refractivity contribution in [2.24, 2.45) is 10.2 Å². The minimum absolute atomic E-state index is 0.0831. The van der Waals surface area contributed by atoms with Gasteiger partial charge in [-0.15, -0.1) is 0 Å². The number of hydrogen-bond donors (Lipinski definition) is 1. The number of amides is 2. The summed E-state index contributed by atoms with van der Waals surface area (Å²) in [5, 5.41) is 18.5. The van der Waals surface area contributed by atoms with Crippen molar-refractivity contribution in [2.45, 2.75) is 0 Å². The Morgan fingerprint density at radius 2 is 1.52 bits per heavy atom. The number of aromatic hydroxyl groups is 1. The SMILES string of the molecule is CN1C(=O)C(=Cc2cc(N=Nc3ccccc3)ccc2O)C(=O)N(C)C1=S. The lowest BCUT2D eigenvalue weighted by Crippen LogP contribution is -2.52. The van der Waals surface area contributed by atoms with Gasteiger partial charge in [-0.2, -0.15) is 10.2 Å². The fraction of sp³-hybridized carbons (Fsp3) is 0.105. The molecule has 0 radical (unpaired) electrons. The number of phenolic OH excluding ortho intramolecular Hbond substituents is 1. The smallest absolute Gasteiger partial charge is 0.265 e. The number of nitrogens with zero attached hydrogens (tertiary/aromatic N) is 4. The summed E-state index contributed by atoms with van der Waals surface area (Å²) in [7, 11) is 2.98. The third kappa shape index (κ3) is 3.75. The molecule has 0 aliphatic carbocycles. The highest BCUT2D eigenvalue weighted by Gasteiger charge is 2.35. The number of likely N-dealkylation sites (N-methyl/N-ethyl adjacent to an activating group) is 2. The maximum atomic E-state index is 12.4. The minimum Gasteiger partial charge on any atom is -0.507 e. The molecule has 1 aliphatic rings. The Balaban J connectivity index is 1.96. The van der Waals surface area contributed by atoms with E-state index in [1.54, 1.807) is 24.3 Å². The fourth-order valence-electron chi connectivity index (χ4n) is 2.46. The zero-order valence-corrected chi connectivity index (χ0v) is 15.5. The monoisotopic (exact) mass is 380 g/mol. The first-order valence-electron chi connectivity index (χ1n) is 8.00. The van der Waals surface area contributed by atoms with Crippen LogP contribution in [0.5, 0.6) is 5.75 Å². The molecule has 1 aliphatic heterocycles. The summed E-state index contributed by atoms with van der Waals surface area (Å²) in [6, 6.07) is 13.7. The number of azo groups is 1. The van der Waals surface area contributed by atoms with E-state index in [-0.39, 0.29) is 22.0 Å². The molecule has 0 aromatic heterocycles. The summed E-state index contributed by atoms with van der Waals surface area (Å²) in [4.78, 5) is 27.2. The Morgan fingerprint density at radius 3 is 2.15 bits per heavy atom. The molecule has 0 bridgehead atoms. The van der Waals surface area contributed by atoms with Crippen LogP contribution in [0.25, 0.3) is 6.08 Å². The van der Waals surface area contributed by atoms with Crippen LogP contribution in [0.4, 0.5) is 11.4 Å². The highest BCUT2D eigenvalue weighted by Crippen LogP contribution is 2.28. The van der Waals surface area contributed by atoms with Gasteiger partial charge in [0.05, 0.1) is 11.4 Å². The summed E-state index contributed by atoms with van der Waals surface area (Å²) >= 11 is 5.06. The van der Waals surface area contributed by atoms with E-state index in [4.69, 9.17) is 12.2 Å². The predicted molar refractivity (Wildman–Crippen MR) is 105 cm³/mol. The van der Waals surface area contributed by atoms with Crippen molar-refractivity contribution in [2.75, 3.05) is 14.1 Å². The second-order valence-electron chi connectivity index (χ2n) is 5.85. The number of hydrogen-bond acceptors (Lipinski definition) is 6. The molecule has 7 nitrogen and oxygen atoms in total. The average Bonchev–Trinajstić information content (AvgIpc) is 2.69. The number of carbonyl (C=O) groups is 2. The minimum atomic E-state index is -0.529. The zero-order valence-electron chi connectivity index (χ0n) is 14.7. The van der Waals surface area contributed by atoms with Gasteiger partial charge in [-0.25, -0.2) is 0 Å². The molecule has 1 saturated heterocycles. The van der Waals surface area contributed by atoms with Crippen LogP contribution in [0.15, 0.2) is 64.3 Å². The van der Waals surface area contributed by atoms with Gasteiger partial charge in [0, 0.05) is 19.7 Å². The van der Waals surface area contributed by atoms with Gasteiger partial charge in [0.15, 0.2) is 5.11 Å². The third-order valence-electron chi connectivity index (χ3n) is 3.99. The van der Waals surface area contributed by atoms with Crippen LogP contribution in [-0.4, -0.2) is 45.9 Å². The van der Waals surface area contributed by atoms with Crippen LogP contribution >= 0.6 is 12.2 Å². The summed E-state index contributed by atoms with van der Waals surface area (Å²) in [6.45, 7) is 0. The molecule has 1 fully saturated rings. The van der Waals surface area contributed by atoms with Crippen LogP contribution in [0.1, 0.15) is 5.56 Å². The highest BCUT2D eigenvalue weighted by molar-refractivity contribution is 7.80. The summed E-state index contributed by atoms with van der Waals surface area (Å²) < 4.78 is 0. The van der Waals surface area contributed by atoms with E-state index >= 15 is 0 Å². The number of rotatable bonds is 3. The lowest BCUT2D eigenvalue weighted by atomic mass is 10.1. The molecule has 3 rings (SSSR count). The topological polar surface area (TPSA) is 85.6 Å². The van der Waals surface area contributed by atoms with Gasteiger partial charge in [0.1, 0.15) is 11.3 Å². The Hall–Kier alpha value is -3.39. The quantitative estimate of drug-likeness (QED) is 0.383. The maximum absolute atomic E-state index is 12.4. The number of benzene rings is 2. The van der Waals surface area contributed by atoms with Crippen molar-refractivity contribution < 1.29 is 14.7 Å². The normalized spacial score (nSPS) is 15.0. The van der Waals surface area contributed by atoms with Gasteiger partial charge < -0.3 is 5.11 Å². The first kappa shape index (κ1) is 18.4. The Bertz CT molecular complexity index is 960. The number of phenols is 1. The molecule has 8 heteroatoms. The molecule has 1 N–H and O–H groups in total. The molecule has 0 atom stereocenters. The Kier molecular flexibility index (Phi) is 5.09. The van der Waals surface area contributed by atoms with Gasteiger partial charge in [0.2, 0.25) is 0 Å². The van der Waals surface area contributed by atoms with Crippen LogP contribution in [0, 0.1) is 0 Å². The maximum Gasteiger partial charge on any atom is 0.265 e. The molecule has 27 heavy (non-hydrogen) atoms. The van der Waals surface area contributed by atoms with Crippen LogP contribution < -0.4 is 0 Å². The van der Waals surface area contributed by atoms with Gasteiger partial charge in [-0.3, -0.25) is 19.4 Å². The van der Waals surface area contributed by atoms with Crippen LogP contribution in [-0.2, 0) is 9.59 Å². The standard InChI is InChI=1S/C19H16N4O3S/c1-22-17(25)15(18(26)23(2)19(22)27)11-12-10-14(8-9-16(12)24)21-20-13-6-4-3-5-7-13/h3-11,24H,1-2H3. The molecular weight excluding hydrogens is 364 g/mol. The summed E-state index contributed by atoms with van der Waals surface area (Å²) in [5.41, 5.74) is 1.34. The van der Waals surface area contributed by atoms with E-state index in [2.05, 4.69) is 10.2 Å². The summed E-state index contributed by atoms with van der Waals surface area (Å²) in [5.74, 6) is -1.14. The zero-order chi connectivity index (χ0) is 19.6. The van der Waals surface area contributed by atoms with E-state index in [1.807, 2.05) is 18.2 Å². The molecule has 2 aromatic carbocycles. The second-order valence-corrected chi connectivity index (χ2v) is 6.21. The van der Waals surface area contributed by atoms with Gasteiger partial charge in [-0.1, -0.05) is 18.2 Å². The van der Waals surface area contributed by atoms with E-state index in [1.165, 1.54) is 36.0 Å². The molecule has 1 heterocycles. The lowest BCUT2D eigenvalue weighted by Gasteiger charge is -2.31. The van der Waals surface area contributed by atoms with Crippen LogP contribution in [0.2, 0.25) is 0 Å². The van der Waals surface area contributed by atoms with Crippen molar-refractivity contribution in [1.29, 1.82) is 0 Å². The summed E-state index contributed by atoms with van der Waals surface area (Å²) in [6.07, 6.45) is 1.33. The highest BCUT2D eigenvalue weighted by atomic mass is 32.1.